The summed E-state index contributed by atoms with van der Waals surface area (Å²) in [7, 11) is -132. The van der Waals surface area contributed by atoms with Crippen molar-refractivity contribution in [2.45, 2.75) is 24.5 Å². The molecule has 348 valence electrons. The Morgan fingerprint density at radius 1 is 0.207 bits per heavy atom. The van der Waals surface area contributed by atoms with Gasteiger partial charge in [-0.1, -0.05) is 0 Å². The summed E-state index contributed by atoms with van der Waals surface area (Å²) in [4.78, 5) is 0. The SMILES string of the molecule is O=S(=O)(O)OS(=O)(=O)C1(S(=O)(=O)O)C(S(=O)(=O)O)(S(=O)(=O)O)C(S(=O)(=O)O)(S(=O)(=O)O)C(S(=O)(=O)O)(S(=O)(=O)O)C(S(=O)(=O)O)(S(=O)(=O)O)C1(S(=O)(=O)O)S(=O)(=O)O. The van der Waals surface area contributed by atoms with Crippen LogP contribution in [0, 0.1) is 0 Å². The van der Waals surface area contributed by atoms with E-state index in [0.29, 0.717) is 0 Å². The third kappa shape index (κ3) is 5.71. The molecule has 12 N–H and O–H groups in total. The van der Waals surface area contributed by atoms with E-state index in [9.17, 15) is 160 Å². The molecule has 0 bridgehead atoms. The predicted molar refractivity (Wildman–Crippen MR) is 165 cm³/mol. The van der Waals surface area contributed by atoms with Gasteiger partial charge in [0, 0.05) is 0 Å². The maximum atomic E-state index is 13.8. The highest BCUT2D eigenvalue weighted by Crippen LogP contribution is 2.78. The Morgan fingerprint density at radius 3 is 0.397 bits per heavy atom. The van der Waals surface area contributed by atoms with Crippen molar-refractivity contribution in [1.29, 1.82) is 0 Å². The van der Waals surface area contributed by atoms with Gasteiger partial charge in [-0.3, -0.25) is 54.6 Å². The Morgan fingerprint density at radius 2 is 0.310 bits per heavy atom. The van der Waals surface area contributed by atoms with Crippen LogP contribution in [0.25, 0.3) is 0 Å². The van der Waals surface area contributed by atoms with Crippen molar-refractivity contribution in [3.63, 3.8) is 0 Å². The zero-order chi connectivity index (χ0) is 48.2. The summed E-state index contributed by atoms with van der Waals surface area (Å²) in [5.41, 5.74) is 0. The highest BCUT2D eigenvalue weighted by atomic mass is 32.3. The average Bonchev–Trinajstić information content (AvgIpc) is 2.76. The number of hydrogen-bond acceptors (Lipinski definition) is 27. The monoisotopic (exact) mass is 1120 g/mol. The predicted octanol–water partition coefficient (Wildman–Crippen LogP) is -9.91. The molecule has 0 aromatic rings. The van der Waals surface area contributed by atoms with E-state index in [4.69, 9.17) is 4.55 Å². The second-order valence-electron chi connectivity index (χ2n) is 9.88. The number of hydrogen-bond donors (Lipinski definition) is 12. The average molecular weight is 1120 g/mol. The molecule has 0 heterocycles. The fraction of sp³-hybridized carbons (Fsp3) is 1.00. The first-order chi connectivity index (χ1) is 24.2. The molecule has 1 rings (SSSR count). The maximum Gasteiger partial charge on any atom is 0.412 e. The molecular weight excluding hydrogens is 1110 g/mol. The minimum Gasteiger partial charge on any atom is -0.284 e. The molecule has 0 atom stereocenters. The van der Waals surface area contributed by atoms with E-state index in [1.54, 1.807) is 0 Å². The van der Waals surface area contributed by atoms with Gasteiger partial charge in [0.1, 0.15) is 0 Å². The first-order valence-corrected chi connectivity index (χ1v) is 29.4. The fourth-order valence-corrected chi connectivity index (χ4v) is 42.7. The van der Waals surface area contributed by atoms with Crippen LogP contribution in [0.4, 0.5) is 0 Å². The van der Waals surface area contributed by atoms with Crippen molar-refractivity contribution < 1.29 is 168 Å². The van der Waals surface area contributed by atoms with Crippen molar-refractivity contribution in [2.24, 2.45) is 0 Å². The largest absolute Gasteiger partial charge is 0.412 e. The second kappa shape index (κ2) is 13.0. The van der Waals surface area contributed by atoms with Crippen LogP contribution in [-0.2, 0) is 135 Å². The Bertz CT molecular complexity index is 3060. The normalized spacial score (nSPS) is 22.4. The van der Waals surface area contributed by atoms with Crippen LogP contribution >= 0.6 is 0 Å². The van der Waals surface area contributed by atoms with Crippen LogP contribution in [-0.4, -0.2) is 189 Å². The lowest BCUT2D eigenvalue weighted by Gasteiger charge is -2.64. The molecule has 0 saturated heterocycles. The Balaban J connectivity index is 7.51. The molecule has 1 aliphatic carbocycles. The fourth-order valence-electron chi connectivity index (χ4n) is 6.32. The second-order valence-corrected chi connectivity index (χ2v) is 31.5. The maximum absolute atomic E-state index is 13.8. The van der Waals surface area contributed by atoms with Crippen LogP contribution in [0.3, 0.4) is 0 Å². The van der Waals surface area contributed by atoms with Crippen molar-refractivity contribution in [1.82, 2.24) is 0 Å². The molecule has 1 aliphatic rings. The zero-order valence-electron chi connectivity index (χ0n) is 24.7. The summed E-state index contributed by atoms with van der Waals surface area (Å²) in [6, 6.07) is 0. The molecule has 0 unspecified atom stereocenters. The number of rotatable bonds is 14. The Kier molecular flexibility index (Phi) is 12.2. The summed E-state index contributed by atoms with van der Waals surface area (Å²) in [5, 5.41) is 0. The van der Waals surface area contributed by atoms with E-state index >= 15 is 0 Å². The van der Waals surface area contributed by atoms with Gasteiger partial charge >= 0.3 is 45.0 Å². The van der Waals surface area contributed by atoms with Gasteiger partial charge in [0.2, 0.25) is 0 Å². The Hall–Kier alpha value is -1.17. The standard InChI is InChI=1S/C6H12O39S13/c7-46(8,9)1(47(10,11)12)2(48(13,14)15,49(16,17)18)4(52(25,26)27,53(28,29)30)6(56(37,38)39,57(40,41)45-58(42,43)44)5(54(31,32)33,55(34,35)36)3(1,50(19,20)21)51(22,23)24/h(H,7,8,9)(H,10,11,12)(H,13,14,15)(H,16,17,18)(H,19,20,21)(H,22,23,24)(H,25,26,27)(H,28,29,30)(H,31,32,33)(H,34,35,36)(H,37,38,39)(H,42,43,44). The van der Waals surface area contributed by atoms with Crippen LogP contribution in [0.5, 0.6) is 0 Å². The molecule has 58 heavy (non-hydrogen) atoms. The van der Waals surface area contributed by atoms with Crippen LogP contribution in [0.2, 0.25) is 0 Å². The lowest BCUT2D eigenvalue weighted by Crippen LogP contribution is -3.06. The van der Waals surface area contributed by atoms with Crippen LogP contribution in [0.1, 0.15) is 0 Å². The molecule has 52 heteroatoms. The van der Waals surface area contributed by atoms with Crippen molar-refractivity contribution >= 4 is 132 Å². The van der Waals surface area contributed by atoms with E-state index < -0.39 is 156 Å². The summed E-state index contributed by atoms with van der Waals surface area (Å²) in [6.45, 7) is 0. The van der Waals surface area contributed by atoms with Gasteiger partial charge in [0.05, 0.1) is 0 Å². The van der Waals surface area contributed by atoms with E-state index in [1.807, 2.05) is 0 Å². The third-order valence-corrected chi connectivity index (χ3v) is 35.2. The van der Waals surface area contributed by atoms with Gasteiger partial charge in [-0.2, -0.15) is 109 Å². The summed E-state index contributed by atoms with van der Waals surface area (Å²) in [6.07, 6.45) is 0. The van der Waals surface area contributed by atoms with Crippen molar-refractivity contribution in [3.8, 4) is 0 Å². The first-order valence-electron chi connectivity index (χ1n) is 10.8. The van der Waals surface area contributed by atoms with Crippen LogP contribution < -0.4 is 0 Å². The van der Waals surface area contributed by atoms with E-state index in [2.05, 4.69) is 3.63 Å². The van der Waals surface area contributed by atoms with E-state index in [0.717, 1.165) is 0 Å². The van der Waals surface area contributed by atoms with Crippen molar-refractivity contribution in [3.05, 3.63) is 0 Å². The molecule has 1 saturated carbocycles. The molecule has 0 aromatic carbocycles. The van der Waals surface area contributed by atoms with E-state index in [-0.39, 0.29) is 0 Å². The van der Waals surface area contributed by atoms with Crippen LogP contribution in [0.15, 0.2) is 0 Å². The zero-order valence-corrected chi connectivity index (χ0v) is 35.3. The topological polar surface area (TPSA) is 696 Å². The smallest absolute Gasteiger partial charge is 0.284 e. The summed E-state index contributed by atoms with van der Waals surface area (Å²) >= 11 is 0. The Labute approximate surface area is 321 Å². The minimum atomic E-state index is -10.5. The lowest BCUT2D eigenvalue weighted by atomic mass is 9.92. The summed E-state index contributed by atoms with van der Waals surface area (Å²) < 4.78 is 409. The highest BCUT2D eigenvalue weighted by Gasteiger charge is 3.20. The quantitative estimate of drug-likeness (QED) is 0.0719. The molecule has 0 spiro atoms. The highest BCUT2D eigenvalue weighted by molar-refractivity contribution is 8.24. The van der Waals surface area contributed by atoms with Gasteiger partial charge < -0.3 is 0 Å². The van der Waals surface area contributed by atoms with Gasteiger partial charge in [-0.25, -0.2) is 0 Å². The third-order valence-electron chi connectivity index (χ3n) is 7.12. The van der Waals surface area contributed by atoms with Gasteiger partial charge in [0.25, 0.3) is 111 Å². The minimum absolute atomic E-state index is 2.19. The molecule has 0 aromatic heterocycles. The lowest BCUT2D eigenvalue weighted by molar-refractivity contribution is 0.206. The van der Waals surface area contributed by atoms with Gasteiger partial charge in [0.15, 0.2) is 0 Å². The molecular formula is C6H12O39S13. The molecule has 0 aliphatic heterocycles. The molecule has 0 amide bonds. The molecule has 0 radical (unpaired) electrons. The van der Waals surface area contributed by atoms with Gasteiger partial charge in [-0.15, -0.1) is 3.63 Å². The molecule has 39 nitrogen and oxygen atoms in total. The summed E-state index contributed by atoms with van der Waals surface area (Å²) in [5.74, 6) is 0. The first kappa shape index (κ1) is 54.8. The van der Waals surface area contributed by atoms with E-state index in [1.165, 1.54) is 0 Å². The van der Waals surface area contributed by atoms with Crippen molar-refractivity contribution in [2.75, 3.05) is 0 Å². The molecule has 1 fully saturated rings. The van der Waals surface area contributed by atoms with Gasteiger partial charge in [-0.05, 0) is 0 Å².